The van der Waals surface area contributed by atoms with Crippen LogP contribution in [0.15, 0.2) is 16.5 Å². The number of hydrogen-bond donors (Lipinski definition) is 0. The Kier molecular flexibility index (Phi) is 5.15. The lowest BCUT2D eigenvalue weighted by molar-refractivity contribution is 0.603. The number of thiophene rings is 2. The number of fused-ring (bicyclic) bond motifs is 6. The summed E-state index contributed by atoms with van der Waals surface area (Å²) in [7, 11) is 0. The number of rotatable bonds is 2. The zero-order valence-electron chi connectivity index (χ0n) is 18.2. The molecular weight excluding hydrogens is 489 g/mol. The van der Waals surface area contributed by atoms with Crippen molar-refractivity contribution in [2.24, 2.45) is 0 Å². The van der Waals surface area contributed by atoms with E-state index in [0.717, 1.165) is 5.56 Å². The molecule has 2 aliphatic carbocycles. The van der Waals surface area contributed by atoms with Crippen molar-refractivity contribution >= 4 is 33.8 Å². The van der Waals surface area contributed by atoms with E-state index in [9.17, 15) is 25.4 Å². The fourth-order valence-corrected chi connectivity index (χ4v) is 7.29. The molecule has 1 aromatic carbocycles. The van der Waals surface area contributed by atoms with Crippen LogP contribution in [0.4, 0.5) is 13.2 Å². The van der Waals surface area contributed by atoms with Gasteiger partial charge in [-0.25, -0.2) is 8.78 Å². The fraction of sp³-hybridized carbons (Fsp3) is 0.154. The smallest absolute Gasteiger partial charge is 0.180 e. The molecule has 35 heavy (non-hydrogen) atoms. The Morgan fingerprint density at radius 2 is 1.23 bits per heavy atom. The Balaban J connectivity index is 2.05. The predicted octanol–water partition coefficient (Wildman–Crippen LogP) is 7.01. The van der Waals surface area contributed by atoms with Crippen LogP contribution in [0.25, 0.3) is 32.0 Å². The molecule has 0 saturated carbocycles. The van der Waals surface area contributed by atoms with Gasteiger partial charge in [-0.3, -0.25) is 0 Å². The molecule has 0 aliphatic heterocycles. The first-order valence-corrected chi connectivity index (χ1v) is 12.2. The highest BCUT2D eigenvalue weighted by Gasteiger charge is 2.44. The van der Waals surface area contributed by atoms with Gasteiger partial charge in [0.15, 0.2) is 5.13 Å². The molecule has 0 radical (unpaired) electrons. The van der Waals surface area contributed by atoms with E-state index in [1.165, 1.54) is 11.3 Å². The first-order valence-electron chi connectivity index (χ1n) is 10.5. The monoisotopic (exact) mass is 500 g/mol. The third-order valence-electron chi connectivity index (χ3n) is 6.34. The van der Waals surface area contributed by atoms with Crippen molar-refractivity contribution in [2.75, 3.05) is 0 Å². The first kappa shape index (κ1) is 22.6. The molecule has 0 bridgehead atoms. The van der Waals surface area contributed by atoms with Crippen LogP contribution in [-0.2, 0) is 12.8 Å². The van der Waals surface area contributed by atoms with Crippen molar-refractivity contribution in [3.8, 4) is 45.2 Å². The van der Waals surface area contributed by atoms with Gasteiger partial charge in [-0.05, 0) is 23.8 Å². The molecule has 0 atom stereocenters. The van der Waals surface area contributed by atoms with E-state index < -0.39 is 22.3 Å². The van der Waals surface area contributed by atoms with Crippen molar-refractivity contribution < 1.29 is 13.2 Å². The Morgan fingerprint density at radius 3 is 1.71 bits per heavy atom. The predicted molar refractivity (Wildman–Crippen MR) is 126 cm³/mol. The number of benzene rings is 1. The third-order valence-corrected chi connectivity index (χ3v) is 8.42. The third kappa shape index (κ3) is 2.69. The van der Waals surface area contributed by atoms with E-state index in [0.29, 0.717) is 28.2 Å². The quantitative estimate of drug-likeness (QED) is 0.244. The summed E-state index contributed by atoms with van der Waals surface area (Å²) in [5.74, 6) is -1.77. The molecule has 5 rings (SSSR count). The summed E-state index contributed by atoms with van der Waals surface area (Å²) in [6, 6.07) is 7.09. The SMILES string of the molecule is CCc1csc2c1C(=C(C#N)C#N)c1c(F)c3c(c(F)c1-2)C(=C(C#N)C#N)c1c-3sc(F)c1CC. The molecule has 4 nitrogen and oxygen atoms in total. The summed E-state index contributed by atoms with van der Waals surface area (Å²) < 4.78 is 47.8. The minimum Gasteiger partial charge on any atom is -0.206 e. The van der Waals surface area contributed by atoms with Gasteiger partial charge in [-0.15, -0.1) is 22.7 Å². The molecule has 0 fully saturated rings. The summed E-state index contributed by atoms with van der Waals surface area (Å²) in [6.07, 6.45) is 0.698. The summed E-state index contributed by atoms with van der Waals surface area (Å²) in [5.41, 5.74) is -0.246. The topological polar surface area (TPSA) is 95.2 Å². The minimum atomic E-state index is -0.907. The van der Waals surface area contributed by atoms with E-state index in [1.807, 2.05) is 6.92 Å². The molecule has 168 valence electrons. The van der Waals surface area contributed by atoms with Crippen LogP contribution in [0.5, 0.6) is 0 Å². The lowest BCUT2D eigenvalue weighted by atomic mass is 9.91. The van der Waals surface area contributed by atoms with Crippen LogP contribution < -0.4 is 0 Å². The molecule has 2 aromatic heterocycles. The lowest BCUT2D eigenvalue weighted by Crippen LogP contribution is -2.02. The number of halogens is 3. The number of aryl methyl sites for hydroxylation is 1. The van der Waals surface area contributed by atoms with Crippen molar-refractivity contribution in [1.82, 2.24) is 0 Å². The molecule has 2 aliphatic rings. The lowest BCUT2D eigenvalue weighted by Gasteiger charge is -2.13. The number of hydrogen-bond acceptors (Lipinski definition) is 6. The van der Waals surface area contributed by atoms with Crippen LogP contribution in [-0.4, -0.2) is 0 Å². The van der Waals surface area contributed by atoms with Gasteiger partial charge in [0.2, 0.25) is 0 Å². The van der Waals surface area contributed by atoms with Gasteiger partial charge in [-0.2, -0.15) is 25.4 Å². The average Bonchev–Trinajstić information content (AvgIpc) is 3.58. The van der Waals surface area contributed by atoms with Gasteiger partial charge in [-0.1, -0.05) is 13.8 Å². The summed E-state index contributed by atoms with van der Waals surface area (Å²) in [5, 5.41) is 39.7. The van der Waals surface area contributed by atoms with E-state index in [1.54, 1.807) is 36.6 Å². The van der Waals surface area contributed by atoms with E-state index in [-0.39, 0.29) is 61.4 Å². The van der Waals surface area contributed by atoms with E-state index >= 15 is 8.78 Å². The standard InChI is InChI=1S/C26H11F3N4S2/c1-3-10-9-34-24-16(10)14(11(5-30)6-31)18-20(24)22(27)19-15(12(7-32)8-33)17-13(4-2)26(29)35-25(17)21(19)23(18)28/h9H,3-4H2,1-2H3. The Bertz CT molecular complexity index is 1710. The molecule has 2 heterocycles. The van der Waals surface area contributed by atoms with Crippen LogP contribution in [0.2, 0.25) is 0 Å². The molecular formula is C26H11F3N4S2. The number of allylic oxidation sites excluding steroid dienone is 2. The maximum Gasteiger partial charge on any atom is 0.180 e. The second-order valence-electron chi connectivity index (χ2n) is 7.81. The molecule has 0 unspecified atom stereocenters. The second kappa shape index (κ2) is 7.97. The van der Waals surface area contributed by atoms with Crippen LogP contribution >= 0.6 is 22.7 Å². The zero-order chi connectivity index (χ0) is 25.2. The van der Waals surface area contributed by atoms with Gasteiger partial charge in [0.25, 0.3) is 0 Å². The second-order valence-corrected chi connectivity index (χ2v) is 9.66. The summed E-state index contributed by atoms with van der Waals surface area (Å²) in [4.78, 5) is 0.466. The van der Waals surface area contributed by atoms with Crippen molar-refractivity contribution in [1.29, 1.82) is 21.0 Å². The number of nitriles is 4. The minimum absolute atomic E-state index is 0.0183. The Hall–Kier alpha value is -4.15. The van der Waals surface area contributed by atoms with Crippen molar-refractivity contribution in [2.45, 2.75) is 26.7 Å². The molecule has 0 amide bonds. The van der Waals surface area contributed by atoms with Gasteiger partial charge in [0.1, 0.15) is 47.1 Å². The molecule has 3 aromatic rings. The highest BCUT2D eigenvalue weighted by Crippen LogP contribution is 2.60. The molecule has 0 spiro atoms. The fourth-order valence-electron chi connectivity index (χ4n) is 4.91. The summed E-state index contributed by atoms with van der Waals surface area (Å²) >= 11 is 1.80. The normalized spacial score (nSPS) is 12.1. The van der Waals surface area contributed by atoms with Gasteiger partial charge in [0, 0.05) is 59.8 Å². The van der Waals surface area contributed by atoms with Crippen LogP contribution in [0.1, 0.15) is 47.2 Å². The zero-order valence-corrected chi connectivity index (χ0v) is 19.9. The first-order chi connectivity index (χ1) is 16.9. The highest BCUT2D eigenvalue weighted by atomic mass is 32.1. The van der Waals surface area contributed by atoms with Gasteiger partial charge >= 0.3 is 0 Å². The van der Waals surface area contributed by atoms with E-state index in [4.69, 9.17) is 0 Å². The molecule has 0 saturated heterocycles. The van der Waals surface area contributed by atoms with Crippen LogP contribution in [0.3, 0.4) is 0 Å². The maximum atomic E-state index is 16.5. The van der Waals surface area contributed by atoms with Gasteiger partial charge < -0.3 is 0 Å². The largest absolute Gasteiger partial charge is 0.206 e. The Labute approximate surface area is 206 Å². The number of nitrogens with zero attached hydrogens (tertiary/aromatic N) is 4. The molecule has 0 N–H and O–H groups in total. The van der Waals surface area contributed by atoms with Crippen molar-refractivity contribution in [3.05, 3.63) is 66.7 Å². The van der Waals surface area contributed by atoms with Crippen molar-refractivity contribution in [3.63, 3.8) is 0 Å². The van der Waals surface area contributed by atoms with Gasteiger partial charge in [0.05, 0.1) is 0 Å². The maximum absolute atomic E-state index is 16.5. The highest BCUT2D eigenvalue weighted by molar-refractivity contribution is 7.15. The average molecular weight is 501 g/mol. The van der Waals surface area contributed by atoms with E-state index in [2.05, 4.69) is 0 Å². The van der Waals surface area contributed by atoms with Crippen LogP contribution in [0, 0.1) is 62.1 Å². The summed E-state index contributed by atoms with van der Waals surface area (Å²) in [6.45, 7) is 3.53. The Morgan fingerprint density at radius 1 is 0.714 bits per heavy atom. The molecule has 9 heteroatoms.